The van der Waals surface area contributed by atoms with E-state index in [0.717, 1.165) is 0 Å². The van der Waals surface area contributed by atoms with E-state index >= 15 is 0 Å². The first-order chi connectivity index (χ1) is 14.4. The van der Waals surface area contributed by atoms with Gasteiger partial charge in [-0.05, 0) is 44.2 Å². The number of hydrogen-bond acceptors (Lipinski definition) is 6. The number of carbonyl (C=O) groups excluding carboxylic acids is 1. The summed E-state index contributed by atoms with van der Waals surface area (Å²) in [5, 5.41) is 5.46. The lowest BCUT2D eigenvalue weighted by Crippen LogP contribution is -2.21. The maximum absolute atomic E-state index is 12.5. The fourth-order valence-corrected chi connectivity index (χ4v) is 4.21. The van der Waals surface area contributed by atoms with Gasteiger partial charge in [0.15, 0.2) is 17.3 Å². The van der Waals surface area contributed by atoms with Crippen LogP contribution in [0.1, 0.15) is 31.1 Å². The molecule has 0 spiro atoms. The van der Waals surface area contributed by atoms with Gasteiger partial charge in [-0.15, -0.1) is 5.10 Å². The fourth-order valence-electron chi connectivity index (χ4n) is 3.72. The highest BCUT2D eigenvalue weighted by Gasteiger charge is 2.37. The van der Waals surface area contributed by atoms with Crippen LogP contribution in [0.2, 0.25) is 10.0 Å². The lowest BCUT2D eigenvalue weighted by Gasteiger charge is -2.26. The maximum atomic E-state index is 12.5. The Balaban J connectivity index is 1.77. The molecule has 0 bridgehead atoms. The molecule has 9 heteroatoms. The fraction of sp³-hybridized carbons (Fsp3) is 0.143. The predicted molar refractivity (Wildman–Crippen MR) is 111 cm³/mol. The van der Waals surface area contributed by atoms with Crippen LogP contribution < -0.4 is 4.74 Å². The summed E-state index contributed by atoms with van der Waals surface area (Å²) in [6.07, 6.45) is 3.08. The van der Waals surface area contributed by atoms with E-state index in [9.17, 15) is 4.79 Å². The van der Waals surface area contributed by atoms with E-state index in [1.807, 2.05) is 6.07 Å². The van der Waals surface area contributed by atoms with Gasteiger partial charge in [0, 0.05) is 16.2 Å². The molecule has 0 aliphatic carbocycles. The van der Waals surface area contributed by atoms with E-state index in [-0.39, 0.29) is 5.78 Å². The van der Waals surface area contributed by atoms with Gasteiger partial charge in [-0.3, -0.25) is 4.79 Å². The summed E-state index contributed by atoms with van der Waals surface area (Å²) in [5.41, 5.74) is 2.21. The molecule has 1 aromatic carbocycles. The molecule has 0 amide bonds. The first-order valence-corrected chi connectivity index (χ1v) is 9.83. The number of rotatable bonds is 3. The molecule has 4 heterocycles. The summed E-state index contributed by atoms with van der Waals surface area (Å²) in [7, 11) is 0. The highest BCUT2D eigenvalue weighted by Crippen LogP contribution is 2.44. The normalized spacial score (nSPS) is 15.9. The quantitative estimate of drug-likeness (QED) is 0.441. The van der Waals surface area contributed by atoms with Gasteiger partial charge in [0.2, 0.25) is 5.88 Å². The monoisotopic (exact) mass is 440 g/mol. The highest BCUT2D eigenvalue weighted by atomic mass is 35.5. The number of benzene rings is 1. The van der Waals surface area contributed by atoms with E-state index < -0.39 is 5.92 Å². The van der Waals surface area contributed by atoms with Gasteiger partial charge in [0.25, 0.3) is 0 Å². The van der Waals surface area contributed by atoms with Crippen LogP contribution in [0.15, 0.2) is 58.7 Å². The Hall–Kier alpha value is -3.16. The van der Waals surface area contributed by atoms with Gasteiger partial charge in [-0.2, -0.15) is 0 Å². The molecular weight excluding hydrogens is 427 g/mol. The standard InChI is InChI=1S/C21H14Cl2N4O3/c1-10(28)16-11(2)30-21-18(17(16)15-4-3-7-29-15)20-25-19(26-27(20)9-24-21)13-6-5-12(22)8-14(13)23/h3-9,17H,1-2H3/t17-/m0/s1. The van der Waals surface area contributed by atoms with Crippen LogP contribution in [0.3, 0.4) is 0 Å². The zero-order valence-corrected chi connectivity index (χ0v) is 17.4. The molecule has 4 aromatic rings. The SMILES string of the molecule is CC(=O)C1=C(C)Oc2ncn3nc(-c4ccc(Cl)cc4Cl)nc3c2[C@H]1c1ccco1. The first kappa shape index (κ1) is 18.8. The minimum absolute atomic E-state index is 0.123. The topological polar surface area (TPSA) is 82.5 Å². The molecule has 0 N–H and O–H groups in total. The summed E-state index contributed by atoms with van der Waals surface area (Å²) in [5.74, 6) is 1.19. The number of fused-ring (bicyclic) bond motifs is 3. The number of furan rings is 1. The van der Waals surface area contributed by atoms with Crippen LogP contribution in [-0.2, 0) is 4.79 Å². The Morgan fingerprint density at radius 1 is 1.23 bits per heavy atom. The number of hydrogen-bond donors (Lipinski definition) is 0. The molecular formula is C21H14Cl2N4O3. The van der Waals surface area contributed by atoms with Crippen LogP contribution in [0.4, 0.5) is 0 Å². The summed E-state index contributed by atoms with van der Waals surface area (Å²) >= 11 is 12.4. The van der Waals surface area contributed by atoms with Gasteiger partial charge in [-0.25, -0.2) is 14.5 Å². The van der Waals surface area contributed by atoms with Crippen molar-refractivity contribution >= 4 is 34.6 Å². The molecule has 0 saturated heterocycles. The second kappa shape index (κ2) is 6.97. The number of ketones is 1. The van der Waals surface area contributed by atoms with Crippen LogP contribution >= 0.6 is 23.2 Å². The van der Waals surface area contributed by atoms with E-state index in [0.29, 0.717) is 55.6 Å². The minimum Gasteiger partial charge on any atom is -0.468 e. The van der Waals surface area contributed by atoms with Crippen LogP contribution in [-0.4, -0.2) is 25.4 Å². The van der Waals surface area contributed by atoms with Crippen molar-refractivity contribution in [3.63, 3.8) is 0 Å². The smallest absolute Gasteiger partial charge is 0.228 e. The van der Waals surface area contributed by atoms with Crippen molar-refractivity contribution in [2.24, 2.45) is 0 Å². The molecule has 30 heavy (non-hydrogen) atoms. The van der Waals surface area contributed by atoms with Crippen molar-refractivity contribution in [2.75, 3.05) is 0 Å². The molecule has 1 aliphatic heterocycles. The van der Waals surface area contributed by atoms with Crippen molar-refractivity contribution in [1.29, 1.82) is 0 Å². The molecule has 150 valence electrons. The number of Topliss-reactive ketones (excluding diaryl/α,β-unsaturated/α-hetero) is 1. The molecule has 0 saturated carbocycles. The van der Waals surface area contributed by atoms with Crippen molar-refractivity contribution < 1.29 is 13.9 Å². The Morgan fingerprint density at radius 2 is 2.07 bits per heavy atom. The minimum atomic E-state index is -0.518. The van der Waals surface area contributed by atoms with Crippen molar-refractivity contribution in [3.8, 4) is 17.3 Å². The average Bonchev–Trinajstić information content (AvgIpc) is 3.36. The Labute approximate surface area is 180 Å². The molecule has 7 nitrogen and oxygen atoms in total. The first-order valence-electron chi connectivity index (χ1n) is 9.07. The molecule has 0 fully saturated rings. The summed E-state index contributed by atoms with van der Waals surface area (Å²) in [6, 6.07) is 8.69. The van der Waals surface area contributed by atoms with E-state index in [4.69, 9.17) is 37.3 Å². The predicted octanol–water partition coefficient (Wildman–Crippen LogP) is 5.08. The number of nitrogens with zero attached hydrogens (tertiary/aromatic N) is 4. The zero-order chi connectivity index (χ0) is 21.0. The maximum Gasteiger partial charge on any atom is 0.228 e. The number of halogens is 2. The van der Waals surface area contributed by atoms with Gasteiger partial charge < -0.3 is 9.15 Å². The van der Waals surface area contributed by atoms with Gasteiger partial charge in [0.1, 0.15) is 17.8 Å². The number of aromatic nitrogens is 4. The number of carbonyl (C=O) groups is 1. The van der Waals surface area contributed by atoms with Gasteiger partial charge in [-0.1, -0.05) is 23.2 Å². The third-order valence-electron chi connectivity index (χ3n) is 4.97. The van der Waals surface area contributed by atoms with Crippen LogP contribution in [0.25, 0.3) is 17.0 Å². The zero-order valence-electron chi connectivity index (χ0n) is 15.9. The summed E-state index contributed by atoms with van der Waals surface area (Å²) in [6.45, 7) is 3.24. The van der Waals surface area contributed by atoms with Crippen LogP contribution in [0, 0.1) is 0 Å². The van der Waals surface area contributed by atoms with Gasteiger partial charge in [0.05, 0.1) is 22.8 Å². The van der Waals surface area contributed by atoms with Crippen molar-refractivity contribution in [1.82, 2.24) is 19.6 Å². The highest BCUT2D eigenvalue weighted by molar-refractivity contribution is 6.36. The lowest BCUT2D eigenvalue weighted by atomic mass is 9.85. The molecule has 1 atom stereocenters. The van der Waals surface area contributed by atoms with Crippen molar-refractivity contribution in [3.05, 3.63) is 75.6 Å². The molecule has 0 radical (unpaired) electrons. The number of ether oxygens (including phenoxy) is 1. The Morgan fingerprint density at radius 3 is 2.77 bits per heavy atom. The second-order valence-corrected chi connectivity index (χ2v) is 7.71. The summed E-state index contributed by atoms with van der Waals surface area (Å²) < 4.78 is 13.1. The third kappa shape index (κ3) is 2.89. The van der Waals surface area contributed by atoms with Gasteiger partial charge >= 0.3 is 0 Å². The Bertz CT molecular complexity index is 1340. The average molecular weight is 441 g/mol. The second-order valence-electron chi connectivity index (χ2n) is 6.87. The summed E-state index contributed by atoms with van der Waals surface area (Å²) in [4.78, 5) is 21.6. The Kier molecular flexibility index (Phi) is 4.38. The van der Waals surface area contributed by atoms with E-state index in [1.165, 1.54) is 17.8 Å². The van der Waals surface area contributed by atoms with E-state index in [2.05, 4.69) is 10.1 Å². The van der Waals surface area contributed by atoms with E-state index in [1.54, 1.807) is 37.5 Å². The molecule has 3 aromatic heterocycles. The number of allylic oxidation sites excluding steroid dienone is 2. The molecule has 1 aliphatic rings. The van der Waals surface area contributed by atoms with Crippen LogP contribution in [0.5, 0.6) is 5.88 Å². The lowest BCUT2D eigenvalue weighted by molar-refractivity contribution is -0.114. The third-order valence-corrected chi connectivity index (χ3v) is 5.52. The van der Waals surface area contributed by atoms with Crippen molar-refractivity contribution in [2.45, 2.75) is 19.8 Å². The largest absolute Gasteiger partial charge is 0.468 e. The molecule has 0 unspecified atom stereocenters. The molecule has 5 rings (SSSR count).